The first-order valence-electron chi connectivity index (χ1n) is 20.9. The van der Waals surface area contributed by atoms with Crippen molar-refractivity contribution in [2.24, 2.45) is 20.5 Å². The van der Waals surface area contributed by atoms with Crippen molar-refractivity contribution in [2.45, 2.75) is 51.1 Å². The summed E-state index contributed by atoms with van der Waals surface area (Å²) in [6.07, 6.45) is 0.933. The number of methoxy groups -OCH3 is 2. The smallest absolute Gasteiger partial charge is 0.258 e. The highest BCUT2D eigenvalue weighted by molar-refractivity contribution is 6.33. The van der Waals surface area contributed by atoms with Gasteiger partial charge in [-0.05, 0) is 141 Å². The van der Waals surface area contributed by atoms with Crippen molar-refractivity contribution in [2.75, 3.05) is 47.2 Å². The Morgan fingerprint density at radius 2 is 1.00 bits per heavy atom. The molecule has 360 valence electrons. The maximum Gasteiger partial charge on any atom is 0.258 e. The van der Waals surface area contributed by atoms with Crippen LogP contribution in [0.5, 0.6) is 11.5 Å². The summed E-state index contributed by atoms with van der Waals surface area (Å²) in [6, 6.07) is 19.9. The minimum absolute atomic E-state index is 0.0135. The number of carbonyl (C=O) groups is 6. The highest BCUT2D eigenvalue weighted by Crippen LogP contribution is 2.33. The molecule has 0 spiro atoms. The number of aryl methyl sites for hydroxylation is 2. The van der Waals surface area contributed by atoms with E-state index in [0.717, 1.165) is 25.0 Å². The maximum atomic E-state index is 13.6. The monoisotopic (exact) mass is 1040 g/mol. The molecule has 69 heavy (non-hydrogen) atoms. The van der Waals surface area contributed by atoms with Crippen molar-refractivity contribution in [3.8, 4) is 11.5 Å². The molecule has 0 bridgehead atoms. The summed E-state index contributed by atoms with van der Waals surface area (Å²) in [5.41, 5.74) is 3.59. The summed E-state index contributed by atoms with van der Waals surface area (Å²) in [5.74, 6) is -2.22. The van der Waals surface area contributed by atoms with E-state index >= 15 is 0 Å². The third kappa shape index (κ3) is 14.5. The standard InChI is InChI=1S/C48H45Cl5N8O8/c1-25(51)35-24-32(54-47(66)43(26(2)62)60-58-41-22-30(6-11-36(41)52)45(64)55-38-14-9-33(68-4)20-28(38)16-18-49)8-13-40(35)57-48(67)44(27(3)63)61-59-42-23-31(7-12-37(42)53)46(65)56-39-15-10-34(69-5)21-29(39)17-19-50/h6-15,20-25,43-44H,16-19H2,1-5H3,(H,54,66)(H,55,64)(H,56,65)(H,57,67). The van der Waals surface area contributed by atoms with Crippen LogP contribution in [0.4, 0.5) is 34.1 Å². The first-order valence-corrected chi connectivity index (χ1v) is 23.1. The Hall–Kier alpha value is -6.43. The quantitative estimate of drug-likeness (QED) is 0.0314. The van der Waals surface area contributed by atoms with Crippen LogP contribution in [0.15, 0.2) is 111 Å². The molecule has 0 aliphatic rings. The van der Waals surface area contributed by atoms with E-state index in [4.69, 9.17) is 67.5 Å². The van der Waals surface area contributed by atoms with Crippen LogP contribution in [0.2, 0.25) is 10.0 Å². The molecular weight excluding hydrogens is 994 g/mol. The molecule has 0 radical (unpaired) electrons. The average molecular weight is 1040 g/mol. The van der Waals surface area contributed by atoms with Gasteiger partial charge in [0.2, 0.25) is 12.1 Å². The minimum Gasteiger partial charge on any atom is -0.497 e. The van der Waals surface area contributed by atoms with Gasteiger partial charge in [-0.3, -0.25) is 28.8 Å². The van der Waals surface area contributed by atoms with E-state index < -0.39 is 52.7 Å². The molecule has 0 heterocycles. The molecule has 0 aliphatic carbocycles. The van der Waals surface area contributed by atoms with Gasteiger partial charge in [-0.15, -0.1) is 34.8 Å². The third-order valence-electron chi connectivity index (χ3n) is 10.1. The highest BCUT2D eigenvalue weighted by Gasteiger charge is 2.27. The fourth-order valence-electron chi connectivity index (χ4n) is 6.48. The summed E-state index contributed by atoms with van der Waals surface area (Å²) in [7, 11) is 3.06. The average Bonchev–Trinajstić information content (AvgIpc) is 3.31. The SMILES string of the molecule is COc1ccc(NC(=O)c2ccc(Cl)c(N=NC(C(C)=O)C(=O)Nc3ccc(NC(=O)C(N=Nc4cc(C(=O)Nc5ccc(OC)cc5CCCl)ccc4Cl)C(C)=O)c(C(C)Cl)c3)c2)c(CCCl)c1. The van der Waals surface area contributed by atoms with Gasteiger partial charge in [0.1, 0.15) is 22.9 Å². The van der Waals surface area contributed by atoms with Crippen molar-refractivity contribution >= 4 is 127 Å². The highest BCUT2D eigenvalue weighted by atomic mass is 35.5. The number of ether oxygens (including phenoxy) is 2. The topological polar surface area (TPSA) is 218 Å². The van der Waals surface area contributed by atoms with Crippen LogP contribution in [0, 0.1) is 0 Å². The second-order valence-corrected chi connectivity index (χ2v) is 17.2. The molecule has 5 rings (SSSR count). The Labute approximate surface area is 422 Å². The van der Waals surface area contributed by atoms with Gasteiger partial charge in [0.25, 0.3) is 23.6 Å². The van der Waals surface area contributed by atoms with Crippen LogP contribution in [-0.4, -0.2) is 73.3 Å². The van der Waals surface area contributed by atoms with Crippen molar-refractivity contribution in [3.63, 3.8) is 0 Å². The van der Waals surface area contributed by atoms with Gasteiger partial charge in [0.05, 0.1) is 29.6 Å². The van der Waals surface area contributed by atoms with E-state index in [1.54, 1.807) is 43.3 Å². The van der Waals surface area contributed by atoms with Gasteiger partial charge < -0.3 is 30.7 Å². The predicted octanol–water partition coefficient (Wildman–Crippen LogP) is 11.7. The van der Waals surface area contributed by atoms with Crippen LogP contribution in [0.1, 0.15) is 63.6 Å². The first kappa shape index (κ1) is 53.5. The molecule has 0 saturated carbocycles. The number of amides is 4. The molecule has 16 nitrogen and oxygen atoms in total. The Balaban J connectivity index is 1.28. The minimum atomic E-state index is -1.65. The van der Waals surface area contributed by atoms with Crippen molar-refractivity contribution in [3.05, 3.63) is 129 Å². The van der Waals surface area contributed by atoms with Gasteiger partial charge in [0.15, 0.2) is 11.6 Å². The molecule has 3 unspecified atom stereocenters. The lowest BCUT2D eigenvalue weighted by Crippen LogP contribution is -2.32. The molecule has 0 aromatic heterocycles. The zero-order valence-electron chi connectivity index (χ0n) is 37.7. The fraction of sp³-hybridized carbons (Fsp3) is 0.250. The van der Waals surface area contributed by atoms with E-state index in [1.165, 1.54) is 68.8 Å². The Morgan fingerprint density at radius 1 is 0.565 bits per heavy atom. The fourth-order valence-corrected chi connectivity index (χ4v) is 7.38. The van der Waals surface area contributed by atoms with Crippen molar-refractivity contribution < 1.29 is 38.2 Å². The van der Waals surface area contributed by atoms with Gasteiger partial charge in [0, 0.05) is 45.6 Å². The molecule has 5 aromatic rings. The van der Waals surface area contributed by atoms with Crippen LogP contribution in [0.25, 0.3) is 0 Å². The van der Waals surface area contributed by atoms with E-state index in [2.05, 4.69) is 41.7 Å². The summed E-state index contributed by atoms with van der Waals surface area (Å²) in [6.45, 7) is 3.92. The molecule has 0 aliphatic heterocycles. The normalized spacial score (nSPS) is 12.5. The number of carbonyl (C=O) groups excluding carboxylic acids is 6. The largest absolute Gasteiger partial charge is 0.497 e. The second-order valence-electron chi connectivity index (χ2n) is 15.0. The zero-order chi connectivity index (χ0) is 50.4. The Bertz CT molecular complexity index is 2820. The number of azo groups is 2. The predicted molar refractivity (Wildman–Crippen MR) is 270 cm³/mol. The van der Waals surface area contributed by atoms with E-state index in [1.807, 2.05) is 0 Å². The van der Waals surface area contributed by atoms with Gasteiger partial charge in [-0.2, -0.15) is 20.5 Å². The van der Waals surface area contributed by atoms with Crippen LogP contribution in [-0.2, 0) is 32.0 Å². The third-order valence-corrected chi connectivity index (χ3v) is 11.4. The number of hydrogen-bond donors (Lipinski definition) is 4. The molecule has 4 amide bonds. The molecule has 0 saturated heterocycles. The van der Waals surface area contributed by atoms with Gasteiger partial charge >= 0.3 is 0 Å². The molecule has 21 heteroatoms. The molecule has 0 fully saturated rings. The number of nitrogens with zero attached hydrogens (tertiary/aromatic N) is 4. The van der Waals surface area contributed by atoms with E-state index in [9.17, 15) is 28.8 Å². The number of nitrogens with one attached hydrogen (secondary N) is 4. The van der Waals surface area contributed by atoms with Crippen molar-refractivity contribution in [1.29, 1.82) is 0 Å². The number of benzene rings is 5. The lowest BCUT2D eigenvalue weighted by Gasteiger charge is -2.17. The lowest BCUT2D eigenvalue weighted by molar-refractivity contribution is -0.127. The van der Waals surface area contributed by atoms with Crippen LogP contribution >= 0.6 is 58.0 Å². The number of hydrogen-bond acceptors (Lipinski definition) is 12. The molecule has 4 N–H and O–H groups in total. The number of alkyl halides is 3. The Kier molecular flexibility index (Phi) is 19.6. The summed E-state index contributed by atoms with van der Waals surface area (Å²) in [5, 5.41) is 26.5. The number of halogens is 5. The number of Topliss-reactive ketones (excluding diaryl/α,β-unsaturated/α-hetero) is 2. The second kappa shape index (κ2) is 25.3. The summed E-state index contributed by atoms with van der Waals surface area (Å²) >= 11 is 31.2. The first-order chi connectivity index (χ1) is 33.0. The van der Waals surface area contributed by atoms with Crippen LogP contribution < -0.4 is 30.7 Å². The number of ketones is 2. The maximum absolute atomic E-state index is 13.6. The van der Waals surface area contributed by atoms with E-state index in [0.29, 0.717) is 53.0 Å². The summed E-state index contributed by atoms with van der Waals surface area (Å²) in [4.78, 5) is 79.1. The summed E-state index contributed by atoms with van der Waals surface area (Å²) < 4.78 is 10.6. The van der Waals surface area contributed by atoms with E-state index in [-0.39, 0.29) is 43.9 Å². The van der Waals surface area contributed by atoms with Crippen molar-refractivity contribution in [1.82, 2.24) is 0 Å². The molecular formula is C48H45Cl5N8O8. The number of anilines is 4. The molecule has 5 aromatic carbocycles. The van der Waals surface area contributed by atoms with Crippen LogP contribution in [0.3, 0.4) is 0 Å². The van der Waals surface area contributed by atoms with Gasteiger partial charge in [-0.25, -0.2) is 0 Å². The molecule has 3 atom stereocenters. The zero-order valence-corrected chi connectivity index (χ0v) is 41.4. The number of rotatable bonds is 21. The lowest BCUT2D eigenvalue weighted by atomic mass is 10.1. The Morgan fingerprint density at radius 3 is 1.41 bits per heavy atom. The van der Waals surface area contributed by atoms with Gasteiger partial charge in [-0.1, -0.05) is 23.2 Å².